The number of guanidine groups is 1. The molecule has 2 fully saturated rings. The lowest BCUT2D eigenvalue weighted by Gasteiger charge is -2.36. The number of halogens is 1. The molecule has 4 rings (SSSR count). The summed E-state index contributed by atoms with van der Waals surface area (Å²) in [4.78, 5) is 10.9. The Morgan fingerprint density at radius 1 is 1.37 bits per heavy atom. The van der Waals surface area contributed by atoms with Crippen molar-refractivity contribution in [2.45, 2.75) is 25.5 Å². The Labute approximate surface area is 200 Å². The van der Waals surface area contributed by atoms with Crippen LogP contribution in [0.15, 0.2) is 34.9 Å². The van der Waals surface area contributed by atoms with Gasteiger partial charge in [-0.3, -0.25) is 14.6 Å². The topological polar surface area (TPSA) is 57.9 Å². The zero-order chi connectivity index (χ0) is 20.1. The summed E-state index contributed by atoms with van der Waals surface area (Å²) < 4.78 is 7.81. The van der Waals surface area contributed by atoms with Crippen molar-refractivity contribution in [3.8, 4) is 0 Å². The van der Waals surface area contributed by atoms with Crippen LogP contribution in [-0.4, -0.2) is 71.9 Å². The number of hydrogen-bond donors (Lipinski definition) is 1. The Kier molecular flexibility index (Phi) is 8.97. The van der Waals surface area contributed by atoms with Gasteiger partial charge in [-0.15, -0.1) is 35.3 Å². The van der Waals surface area contributed by atoms with Crippen LogP contribution < -0.4 is 5.32 Å². The van der Waals surface area contributed by atoms with Gasteiger partial charge in [-0.25, -0.2) is 0 Å². The number of aliphatic imine (C=N–C) groups is 1. The number of nitrogens with zero attached hydrogens (tertiary/aromatic N) is 5. The molecule has 2 aliphatic heterocycles. The highest BCUT2D eigenvalue weighted by Crippen LogP contribution is 2.22. The molecule has 2 aliphatic rings. The second kappa shape index (κ2) is 11.4. The predicted octanol–water partition coefficient (Wildman–Crippen LogP) is 2.96. The summed E-state index contributed by atoms with van der Waals surface area (Å²) in [7, 11) is 3.82. The van der Waals surface area contributed by atoms with Crippen LogP contribution in [0.3, 0.4) is 0 Å². The third-order valence-electron chi connectivity index (χ3n) is 5.79. The monoisotopic (exact) mass is 544 g/mol. The van der Waals surface area contributed by atoms with Crippen LogP contribution in [-0.2, 0) is 18.3 Å². The highest BCUT2D eigenvalue weighted by Gasteiger charge is 2.26. The standard InChI is InChI=1S/C21H32N6OS.HI/c1-22-21(27-8-9-28-20(16-27)18-12-24-25(2)14-18)23-11-17-5-3-7-26(13-17)15-19-6-4-10-29-19;/h4,6,10,12,14,17,20H,3,5,7-9,11,13,15-16H2,1-2H3,(H,22,23);1H. The molecule has 0 aliphatic carbocycles. The number of ether oxygens (including phenoxy) is 1. The van der Waals surface area contributed by atoms with E-state index in [0.717, 1.165) is 44.2 Å². The predicted molar refractivity (Wildman–Crippen MR) is 133 cm³/mol. The smallest absolute Gasteiger partial charge is 0.193 e. The Morgan fingerprint density at radius 2 is 2.27 bits per heavy atom. The van der Waals surface area contributed by atoms with Crippen molar-refractivity contribution >= 4 is 41.3 Å². The van der Waals surface area contributed by atoms with E-state index in [-0.39, 0.29) is 30.1 Å². The van der Waals surface area contributed by atoms with Crippen LogP contribution in [0.1, 0.15) is 29.4 Å². The minimum Gasteiger partial charge on any atom is -0.370 e. The molecule has 2 atom stereocenters. The first kappa shape index (κ1) is 23.5. The minimum absolute atomic E-state index is 0. The Bertz CT molecular complexity index is 795. The molecule has 0 bridgehead atoms. The lowest BCUT2D eigenvalue weighted by molar-refractivity contribution is -0.00814. The lowest BCUT2D eigenvalue weighted by atomic mass is 9.98. The molecule has 0 aromatic carbocycles. The van der Waals surface area contributed by atoms with E-state index in [9.17, 15) is 0 Å². The molecular formula is C21H33IN6OS. The Morgan fingerprint density at radius 3 is 3.00 bits per heavy atom. The SMILES string of the molecule is CN=C(NCC1CCCN(Cc2cccs2)C1)N1CCOC(c2cnn(C)c2)C1.I. The number of aryl methyl sites for hydroxylation is 1. The van der Waals surface area contributed by atoms with Gasteiger partial charge in [0.2, 0.25) is 0 Å². The fourth-order valence-corrected chi connectivity index (χ4v) is 5.05. The van der Waals surface area contributed by atoms with Crippen LogP contribution in [0.2, 0.25) is 0 Å². The van der Waals surface area contributed by atoms with Crippen LogP contribution in [0.5, 0.6) is 0 Å². The van der Waals surface area contributed by atoms with Crippen molar-refractivity contribution in [1.82, 2.24) is 24.9 Å². The molecule has 166 valence electrons. The fourth-order valence-electron chi connectivity index (χ4n) is 4.30. The summed E-state index contributed by atoms with van der Waals surface area (Å²) in [5, 5.41) is 10.1. The van der Waals surface area contributed by atoms with Crippen molar-refractivity contribution in [3.63, 3.8) is 0 Å². The first-order valence-corrected chi connectivity index (χ1v) is 11.4. The average Bonchev–Trinajstić information content (AvgIpc) is 3.41. The molecule has 0 saturated carbocycles. The van der Waals surface area contributed by atoms with Gasteiger partial charge in [0, 0.05) is 56.9 Å². The van der Waals surface area contributed by atoms with Crippen LogP contribution in [0.4, 0.5) is 0 Å². The van der Waals surface area contributed by atoms with Gasteiger partial charge in [-0.05, 0) is 36.8 Å². The first-order valence-electron chi connectivity index (χ1n) is 10.5. The summed E-state index contributed by atoms with van der Waals surface area (Å²) in [6, 6.07) is 4.39. The van der Waals surface area contributed by atoms with Gasteiger partial charge in [-0.2, -0.15) is 5.10 Å². The summed E-state index contributed by atoms with van der Waals surface area (Å²) in [5.41, 5.74) is 1.13. The van der Waals surface area contributed by atoms with Gasteiger partial charge in [0.05, 0.1) is 19.3 Å². The van der Waals surface area contributed by atoms with E-state index < -0.39 is 0 Å². The molecule has 9 heteroatoms. The number of rotatable bonds is 5. The highest BCUT2D eigenvalue weighted by atomic mass is 127. The summed E-state index contributed by atoms with van der Waals surface area (Å²) in [6.07, 6.45) is 6.54. The molecule has 4 heterocycles. The van der Waals surface area contributed by atoms with Gasteiger partial charge in [0.15, 0.2) is 5.96 Å². The van der Waals surface area contributed by atoms with Gasteiger partial charge in [0.25, 0.3) is 0 Å². The maximum absolute atomic E-state index is 5.98. The Balaban J connectivity index is 0.00000256. The van der Waals surface area contributed by atoms with Crippen molar-refractivity contribution in [2.75, 3.05) is 46.4 Å². The number of hydrogen-bond acceptors (Lipinski definition) is 5. The molecule has 0 amide bonds. The molecule has 2 aromatic rings. The molecule has 0 radical (unpaired) electrons. The maximum atomic E-state index is 5.98. The van der Waals surface area contributed by atoms with E-state index in [1.165, 1.54) is 24.3 Å². The highest BCUT2D eigenvalue weighted by molar-refractivity contribution is 14.0. The fraction of sp³-hybridized carbons (Fsp3) is 0.619. The van der Waals surface area contributed by atoms with Crippen molar-refractivity contribution in [3.05, 3.63) is 40.3 Å². The number of thiophene rings is 1. The van der Waals surface area contributed by atoms with Crippen LogP contribution in [0.25, 0.3) is 0 Å². The van der Waals surface area contributed by atoms with E-state index >= 15 is 0 Å². The molecular weight excluding hydrogens is 511 g/mol. The van der Waals surface area contributed by atoms with E-state index in [2.05, 4.69) is 42.7 Å². The van der Waals surface area contributed by atoms with Crippen molar-refractivity contribution < 1.29 is 4.74 Å². The quantitative estimate of drug-likeness (QED) is 0.357. The second-order valence-electron chi connectivity index (χ2n) is 8.00. The molecule has 2 aromatic heterocycles. The zero-order valence-corrected chi connectivity index (χ0v) is 21.0. The largest absolute Gasteiger partial charge is 0.370 e. The van der Waals surface area contributed by atoms with Gasteiger partial charge >= 0.3 is 0 Å². The molecule has 2 saturated heterocycles. The number of nitrogens with one attached hydrogen (secondary N) is 1. The van der Waals surface area contributed by atoms with Crippen LogP contribution >= 0.6 is 35.3 Å². The van der Waals surface area contributed by atoms with Crippen molar-refractivity contribution in [2.24, 2.45) is 18.0 Å². The summed E-state index contributed by atoms with van der Waals surface area (Å²) >= 11 is 1.86. The summed E-state index contributed by atoms with van der Waals surface area (Å²) in [5.74, 6) is 1.65. The number of aromatic nitrogens is 2. The lowest BCUT2D eigenvalue weighted by Crippen LogP contribution is -2.50. The number of likely N-dealkylation sites (tertiary alicyclic amines) is 1. The molecule has 7 nitrogen and oxygen atoms in total. The van der Waals surface area contributed by atoms with Gasteiger partial charge in [0.1, 0.15) is 6.10 Å². The zero-order valence-electron chi connectivity index (χ0n) is 17.9. The Hall–Kier alpha value is -1.17. The average molecular weight is 545 g/mol. The van der Waals surface area contributed by atoms with E-state index in [1.54, 1.807) is 0 Å². The molecule has 30 heavy (non-hydrogen) atoms. The third kappa shape index (κ3) is 6.18. The first-order chi connectivity index (χ1) is 14.2. The van der Waals surface area contributed by atoms with E-state index in [4.69, 9.17) is 4.74 Å². The van der Waals surface area contributed by atoms with Crippen molar-refractivity contribution in [1.29, 1.82) is 0 Å². The maximum Gasteiger partial charge on any atom is 0.193 e. The normalized spacial score (nSPS) is 23.3. The molecule has 1 N–H and O–H groups in total. The van der Waals surface area contributed by atoms with Gasteiger partial charge in [-0.1, -0.05) is 6.07 Å². The number of piperidine rings is 1. The van der Waals surface area contributed by atoms with Gasteiger partial charge < -0.3 is 15.0 Å². The van der Waals surface area contributed by atoms with E-state index in [1.807, 2.05) is 42.5 Å². The third-order valence-corrected chi connectivity index (χ3v) is 6.65. The second-order valence-corrected chi connectivity index (χ2v) is 9.04. The van der Waals surface area contributed by atoms with Crippen LogP contribution in [0, 0.1) is 5.92 Å². The molecule has 0 spiro atoms. The summed E-state index contributed by atoms with van der Waals surface area (Å²) in [6.45, 7) is 6.80. The molecule has 2 unspecified atom stereocenters. The van der Waals surface area contributed by atoms with E-state index in [0.29, 0.717) is 12.5 Å². The minimum atomic E-state index is 0. The number of morpholine rings is 1.